The topological polar surface area (TPSA) is 75.2 Å². The van der Waals surface area contributed by atoms with E-state index in [0.717, 1.165) is 31.7 Å². The number of piperidine rings is 1. The second-order valence-electron chi connectivity index (χ2n) is 5.70. The molecule has 0 saturated carbocycles. The maximum atomic E-state index is 12.4. The molecule has 0 spiro atoms. The van der Waals surface area contributed by atoms with Crippen LogP contribution in [0.25, 0.3) is 0 Å². The van der Waals surface area contributed by atoms with Crippen molar-refractivity contribution in [1.82, 2.24) is 10.2 Å². The Morgan fingerprint density at radius 3 is 2.39 bits per heavy atom. The van der Waals surface area contributed by atoms with Gasteiger partial charge in [0.05, 0.1) is 4.90 Å². The number of aromatic nitrogens is 2. The SMILES string of the molecule is Cc1ccccc1S(=O)(=O)Nc1ccc(N2CCCCC2)nn1. The van der Waals surface area contributed by atoms with Gasteiger partial charge in [-0.1, -0.05) is 18.2 Å². The van der Waals surface area contributed by atoms with Gasteiger partial charge in [0.25, 0.3) is 10.0 Å². The van der Waals surface area contributed by atoms with Crippen LogP contribution in [-0.4, -0.2) is 31.7 Å². The van der Waals surface area contributed by atoms with Crippen molar-refractivity contribution in [2.24, 2.45) is 0 Å². The molecule has 1 aromatic heterocycles. The quantitative estimate of drug-likeness (QED) is 0.931. The first-order chi connectivity index (χ1) is 11.1. The average Bonchev–Trinajstić information content (AvgIpc) is 2.56. The molecule has 1 N–H and O–H groups in total. The number of sulfonamides is 1. The van der Waals surface area contributed by atoms with Gasteiger partial charge in [-0.2, -0.15) is 0 Å². The fourth-order valence-corrected chi connectivity index (χ4v) is 3.97. The summed E-state index contributed by atoms with van der Waals surface area (Å²) >= 11 is 0. The van der Waals surface area contributed by atoms with Gasteiger partial charge in [0, 0.05) is 13.1 Å². The van der Waals surface area contributed by atoms with Crippen molar-refractivity contribution in [2.75, 3.05) is 22.7 Å². The number of hydrogen-bond acceptors (Lipinski definition) is 5. The summed E-state index contributed by atoms with van der Waals surface area (Å²) in [6, 6.07) is 10.3. The van der Waals surface area contributed by atoms with Crippen LogP contribution in [0.1, 0.15) is 24.8 Å². The Morgan fingerprint density at radius 1 is 1.00 bits per heavy atom. The van der Waals surface area contributed by atoms with Crippen molar-refractivity contribution in [1.29, 1.82) is 0 Å². The van der Waals surface area contributed by atoms with E-state index in [9.17, 15) is 8.42 Å². The van der Waals surface area contributed by atoms with Crippen molar-refractivity contribution in [3.63, 3.8) is 0 Å². The molecule has 0 unspecified atom stereocenters. The molecule has 0 aliphatic carbocycles. The number of aryl methyl sites for hydroxylation is 1. The number of hydrogen-bond donors (Lipinski definition) is 1. The van der Waals surface area contributed by atoms with Crippen LogP contribution in [0.2, 0.25) is 0 Å². The van der Waals surface area contributed by atoms with Crippen LogP contribution in [0.3, 0.4) is 0 Å². The van der Waals surface area contributed by atoms with Gasteiger partial charge < -0.3 is 4.90 Å². The Balaban J connectivity index is 1.76. The van der Waals surface area contributed by atoms with Crippen LogP contribution in [0.5, 0.6) is 0 Å². The Hall–Kier alpha value is -2.15. The minimum absolute atomic E-state index is 0.231. The largest absolute Gasteiger partial charge is 0.355 e. The van der Waals surface area contributed by atoms with Crippen molar-refractivity contribution in [2.45, 2.75) is 31.1 Å². The molecule has 6 nitrogen and oxygen atoms in total. The fraction of sp³-hybridized carbons (Fsp3) is 0.375. The molecule has 1 aromatic carbocycles. The molecule has 1 aliphatic heterocycles. The first-order valence-corrected chi connectivity index (χ1v) is 9.22. The average molecular weight is 332 g/mol. The van der Waals surface area contributed by atoms with Gasteiger partial charge in [0.1, 0.15) is 0 Å². The van der Waals surface area contributed by atoms with Gasteiger partial charge in [-0.3, -0.25) is 4.72 Å². The van der Waals surface area contributed by atoms with Crippen molar-refractivity contribution < 1.29 is 8.42 Å². The van der Waals surface area contributed by atoms with E-state index in [1.54, 1.807) is 31.2 Å². The Kier molecular flexibility index (Phi) is 4.47. The third kappa shape index (κ3) is 3.61. The molecule has 0 radical (unpaired) electrons. The molecule has 0 bridgehead atoms. The molecule has 2 heterocycles. The Morgan fingerprint density at radius 2 is 1.74 bits per heavy atom. The minimum Gasteiger partial charge on any atom is -0.355 e. The molecule has 3 rings (SSSR count). The molecule has 1 saturated heterocycles. The fourth-order valence-electron chi connectivity index (χ4n) is 2.72. The number of benzene rings is 1. The minimum atomic E-state index is -3.65. The van der Waals surface area contributed by atoms with E-state index in [0.29, 0.717) is 5.56 Å². The predicted molar refractivity (Wildman–Crippen MR) is 90.1 cm³/mol. The van der Waals surface area contributed by atoms with E-state index < -0.39 is 10.0 Å². The van der Waals surface area contributed by atoms with E-state index in [1.165, 1.54) is 6.42 Å². The molecule has 23 heavy (non-hydrogen) atoms. The van der Waals surface area contributed by atoms with E-state index in [1.807, 2.05) is 12.1 Å². The molecule has 2 aromatic rings. The summed E-state index contributed by atoms with van der Waals surface area (Å²) in [6.45, 7) is 3.71. The first-order valence-electron chi connectivity index (χ1n) is 7.73. The predicted octanol–water partition coefficient (Wildman–Crippen LogP) is 2.58. The van der Waals surface area contributed by atoms with E-state index in [2.05, 4.69) is 19.8 Å². The summed E-state index contributed by atoms with van der Waals surface area (Å²) < 4.78 is 27.3. The molecule has 1 aliphatic rings. The van der Waals surface area contributed by atoms with Gasteiger partial charge in [-0.25, -0.2) is 8.42 Å². The highest BCUT2D eigenvalue weighted by molar-refractivity contribution is 7.92. The Bertz CT molecular complexity index is 769. The lowest BCUT2D eigenvalue weighted by Crippen LogP contribution is -2.30. The smallest absolute Gasteiger partial charge is 0.263 e. The van der Waals surface area contributed by atoms with Gasteiger partial charge in [0.2, 0.25) is 0 Å². The zero-order valence-corrected chi connectivity index (χ0v) is 13.9. The third-order valence-corrected chi connectivity index (χ3v) is 5.47. The zero-order valence-electron chi connectivity index (χ0n) is 13.1. The highest BCUT2D eigenvalue weighted by Gasteiger charge is 2.18. The molecule has 1 fully saturated rings. The second kappa shape index (κ2) is 6.54. The van der Waals surface area contributed by atoms with Crippen molar-refractivity contribution >= 4 is 21.7 Å². The van der Waals surface area contributed by atoms with Crippen LogP contribution in [0.4, 0.5) is 11.6 Å². The monoisotopic (exact) mass is 332 g/mol. The van der Waals surface area contributed by atoms with E-state index in [-0.39, 0.29) is 10.7 Å². The molecular formula is C16H20N4O2S. The zero-order chi connectivity index (χ0) is 16.3. The summed E-state index contributed by atoms with van der Waals surface area (Å²) in [5, 5.41) is 8.16. The van der Waals surface area contributed by atoms with Gasteiger partial charge in [-0.15, -0.1) is 10.2 Å². The number of nitrogens with zero attached hydrogens (tertiary/aromatic N) is 3. The molecule has 0 atom stereocenters. The maximum Gasteiger partial charge on any atom is 0.263 e. The van der Waals surface area contributed by atoms with E-state index >= 15 is 0 Å². The van der Waals surface area contributed by atoms with Gasteiger partial charge in [0.15, 0.2) is 11.6 Å². The summed E-state index contributed by atoms with van der Waals surface area (Å²) in [5.74, 6) is 1.03. The van der Waals surface area contributed by atoms with Gasteiger partial charge >= 0.3 is 0 Å². The lowest BCUT2D eigenvalue weighted by atomic mass is 10.1. The number of anilines is 2. The van der Waals surface area contributed by atoms with Crippen LogP contribution in [0.15, 0.2) is 41.3 Å². The summed E-state index contributed by atoms with van der Waals surface area (Å²) in [6.07, 6.45) is 3.56. The van der Waals surface area contributed by atoms with Crippen LogP contribution >= 0.6 is 0 Å². The highest BCUT2D eigenvalue weighted by atomic mass is 32.2. The molecular weight excluding hydrogens is 312 g/mol. The van der Waals surface area contributed by atoms with Crippen LogP contribution in [-0.2, 0) is 10.0 Å². The molecule has 7 heteroatoms. The van der Waals surface area contributed by atoms with E-state index in [4.69, 9.17) is 0 Å². The molecule has 0 amide bonds. The summed E-state index contributed by atoms with van der Waals surface area (Å²) in [7, 11) is -3.65. The van der Waals surface area contributed by atoms with Gasteiger partial charge in [-0.05, 0) is 49.9 Å². The van der Waals surface area contributed by atoms with Crippen molar-refractivity contribution in [3.05, 3.63) is 42.0 Å². The highest BCUT2D eigenvalue weighted by Crippen LogP contribution is 2.20. The standard InChI is InChI=1S/C16H20N4O2S/c1-13-7-3-4-8-14(13)23(21,22)19-15-9-10-16(18-17-15)20-11-5-2-6-12-20/h3-4,7-10H,2,5-6,11-12H2,1H3,(H,17,19). The van der Waals surface area contributed by atoms with Crippen molar-refractivity contribution in [3.8, 4) is 0 Å². The third-order valence-electron chi connectivity index (χ3n) is 3.95. The summed E-state index contributed by atoms with van der Waals surface area (Å²) in [5.41, 5.74) is 0.692. The molecule has 122 valence electrons. The second-order valence-corrected chi connectivity index (χ2v) is 7.35. The lowest BCUT2D eigenvalue weighted by molar-refractivity contribution is 0.571. The van der Waals surface area contributed by atoms with Crippen LogP contribution in [0, 0.1) is 6.92 Å². The lowest BCUT2D eigenvalue weighted by Gasteiger charge is -2.27. The maximum absolute atomic E-state index is 12.4. The normalized spacial score (nSPS) is 15.4. The van der Waals surface area contributed by atoms with Crippen LogP contribution < -0.4 is 9.62 Å². The Labute approximate surface area is 136 Å². The summed E-state index contributed by atoms with van der Waals surface area (Å²) in [4.78, 5) is 2.43. The first kappa shape index (κ1) is 15.7. The number of nitrogens with one attached hydrogen (secondary N) is 1. The number of rotatable bonds is 4.